The Labute approximate surface area is 87.9 Å². The molecule has 0 saturated carbocycles. The van der Waals surface area contributed by atoms with Crippen LogP contribution < -0.4 is 11.5 Å². The van der Waals surface area contributed by atoms with Crippen LogP contribution >= 0.6 is 0 Å². The normalized spacial score (nSPS) is 10.2. The highest BCUT2D eigenvalue weighted by Crippen LogP contribution is 2.27. The molecule has 0 aliphatic carbocycles. The van der Waals surface area contributed by atoms with Crippen LogP contribution in [0.1, 0.15) is 5.56 Å². The van der Waals surface area contributed by atoms with Crippen molar-refractivity contribution in [3.63, 3.8) is 0 Å². The Balaban J connectivity index is 2.64. The molecule has 4 N–H and O–H groups in total. The van der Waals surface area contributed by atoms with Gasteiger partial charge < -0.3 is 11.5 Å². The molecule has 0 fully saturated rings. The number of hydrogen-bond acceptors (Lipinski definition) is 4. The zero-order valence-corrected chi connectivity index (χ0v) is 8.44. The van der Waals surface area contributed by atoms with Crippen LogP contribution in [-0.4, -0.2) is 10.2 Å². The van der Waals surface area contributed by atoms with Gasteiger partial charge in [-0.3, -0.25) is 0 Å². The van der Waals surface area contributed by atoms with Gasteiger partial charge in [-0.15, -0.1) is 10.2 Å². The zero-order valence-electron chi connectivity index (χ0n) is 8.44. The molecule has 2 rings (SSSR count). The minimum Gasteiger partial charge on any atom is -0.382 e. The van der Waals surface area contributed by atoms with E-state index in [1.807, 2.05) is 31.2 Å². The fourth-order valence-electron chi connectivity index (χ4n) is 1.51. The minimum absolute atomic E-state index is 0.377. The summed E-state index contributed by atoms with van der Waals surface area (Å²) in [5.41, 5.74) is 14.4. The van der Waals surface area contributed by atoms with E-state index in [4.69, 9.17) is 11.5 Å². The zero-order chi connectivity index (χ0) is 10.8. The standard InChI is InChI=1S/C11H12N4/c1-7-4-2-3-5-8(7)9-6-10(12)14-15-11(9)13/h2-6H,1H3,(H2,12,14)(H2,13,15). The van der Waals surface area contributed by atoms with Crippen molar-refractivity contribution in [3.8, 4) is 11.1 Å². The van der Waals surface area contributed by atoms with Crippen molar-refractivity contribution in [2.24, 2.45) is 0 Å². The maximum absolute atomic E-state index is 5.76. The molecule has 15 heavy (non-hydrogen) atoms. The molecule has 0 spiro atoms. The molecule has 0 atom stereocenters. The molecular formula is C11H12N4. The first kappa shape index (κ1) is 9.45. The molecule has 2 aromatic rings. The molecule has 0 bridgehead atoms. The highest BCUT2D eigenvalue weighted by atomic mass is 15.2. The van der Waals surface area contributed by atoms with E-state index in [0.29, 0.717) is 11.6 Å². The van der Waals surface area contributed by atoms with Gasteiger partial charge in [0.1, 0.15) is 5.82 Å². The highest BCUT2D eigenvalue weighted by molar-refractivity contribution is 5.77. The molecule has 0 amide bonds. The molecule has 0 radical (unpaired) electrons. The lowest BCUT2D eigenvalue weighted by Gasteiger charge is -2.07. The molecule has 0 aliphatic rings. The van der Waals surface area contributed by atoms with Crippen LogP contribution in [0.4, 0.5) is 11.6 Å². The maximum Gasteiger partial charge on any atom is 0.154 e. The van der Waals surface area contributed by atoms with E-state index in [1.165, 1.54) is 0 Å². The van der Waals surface area contributed by atoms with Crippen molar-refractivity contribution < 1.29 is 0 Å². The van der Waals surface area contributed by atoms with Gasteiger partial charge >= 0.3 is 0 Å². The predicted molar refractivity (Wildman–Crippen MR) is 61.0 cm³/mol. The number of nitrogens with two attached hydrogens (primary N) is 2. The molecule has 0 unspecified atom stereocenters. The van der Waals surface area contributed by atoms with Crippen molar-refractivity contribution in [2.75, 3.05) is 11.5 Å². The molecule has 1 heterocycles. The van der Waals surface area contributed by atoms with E-state index in [1.54, 1.807) is 6.07 Å². The van der Waals surface area contributed by atoms with Gasteiger partial charge in [-0.05, 0) is 24.1 Å². The number of nitrogen functional groups attached to an aromatic ring is 2. The fourth-order valence-corrected chi connectivity index (χ4v) is 1.51. The Bertz CT molecular complexity index is 494. The molecule has 0 aliphatic heterocycles. The van der Waals surface area contributed by atoms with Gasteiger partial charge in [0, 0.05) is 5.56 Å². The van der Waals surface area contributed by atoms with E-state index in [-0.39, 0.29) is 0 Å². The number of nitrogens with zero attached hydrogens (tertiary/aromatic N) is 2. The smallest absolute Gasteiger partial charge is 0.154 e. The van der Waals surface area contributed by atoms with Gasteiger partial charge in [0.15, 0.2) is 5.82 Å². The van der Waals surface area contributed by atoms with Crippen LogP contribution in [0.3, 0.4) is 0 Å². The predicted octanol–water partition coefficient (Wildman–Crippen LogP) is 1.62. The lowest BCUT2D eigenvalue weighted by molar-refractivity contribution is 1.05. The van der Waals surface area contributed by atoms with Crippen LogP contribution in [0.2, 0.25) is 0 Å². The van der Waals surface area contributed by atoms with E-state index >= 15 is 0 Å². The van der Waals surface area contributed by atoms with Gasteiger partial charge in [0.05, 0.1) is 0 Å². The van der Waals surface area contributed by atoms with Crippen molar-refractivity contribution in [1.29, 1.82) is 0 Å². The molecule has 4 heteroatoms. The number of aryl methyl sites for hydroxylation is 1. The third kappa shape index (κ3) is 1.74. The summed E-state index contributed by atoms with van der Waals surface area (Å²) in [6.45, 7) is 2.02. The van der Waals surface area contributed by atoms with E-state index in [9.17, 15) is 0 Å². The Hall–Kier alpha value is -2.10. The Morgan fingerprint density at radius 1 is 1.00 bits per heavy atom. The second-order valence-electron chi connectivity index (χ2n) is 3.38. The minimum atomic E-state index is 0.377. The monoisotopic (exact) mass is 200 g/mol. The summed E-state index contributed by atoms with van der Waals surface area (Å²) >= 11 is 0. The third-order valence-electron chi connectivity index (χ3n) is 2.28. The number of aromatic nitrogens is 2. The van der Waals surface area contributed by atoms with Crippen molar-refractivity contribution >= 4 is 11.6 Å². The van der Waals surface area contributed by atoms with Crippen molar-refractivity contribution in [1.82, 2.24) is 10.2 Å². The largest absolute Gasteiger partial charge is 0.382 e. The van der Waals surface area contributed by atoms with Crippen LogP contribution in [0.25, 0.3) is 11.1 Å². The third-order valence-corrected chi connectivity index (χ3v) is 2.28. The van der Waals surface area contributed by atoms with E-state index in [2.05, 4.69) is 10.2 Å². The summed E-state index contributed by atoms with van der Waals surface area (Å²) in [4.78, 5) is 0. The van der Waals surface area contributed by atoms with Gasteiger partial charge in [-0.1, -0.05) is 24.3 Å². The van der Waals surface area contributed by atoms with Crippen LogP contribution in [0.15, 0.2) is 30.3 Å². The average Bonchev–Trinajstić information content (AvgIpc) is 2.23. The van der Waals surface area contributed by atoms with E-state index in [0.717, 1.165) is 16.7 Å². The lowest BCUT2D eigenvalue weighted by Crippen LogP contribution is -2.00. The number of anilines is 2. The summed E-state index contributed by atoms with van der Waals surface area (Å²) in [6.07, 6.45) is 0. The van der Waals surface area contributed by atoms with Crippen LogP contribution in [0, 0.1) is 6.92 Å². The maximum atomic E-state index is 5.76. The second kappa shape index (κ2) is 3.57. The van der Waals surface area contributed by atoms with Gasteiger partial charge in [0.2, 0.25) is 0 Å². The number of rotatable bonds is 1. The topological polar surface area (TPSA) is 77.8 Å². The summed E-state index contributed by atoms with van der Waals surface area (Å²) in [7, 11) is 0. The fraction of sp³-hybridized carbons (Fsp3) is 0.0909. The molecule has 0 saturated heterocycles. The molecule has 4 nitrogen and oxygen atoms in total. The van der Waals surface area contributed by atoms with Gasteiger partial charge in [0.25, 0.3) is 0 Å². The SMILES string of the molecule is Cc1ccccc1-c1cc(N)nnc1N. The van der Waals surface area contributed by atoms with Gasteiger partial charge in [-0.25, -0.2) is 0 Å². The lowest BCUT2D eigenvalue weighted by atomic mass is 10.0. The summed E-state index contributed by atoms with van der Waals surface area (Å²) < 4.78 is 0. The van der Waals surface area contributed by atoms with Crippen LogP contribution in [-0.2, 0) is 0 Å². The molecular weight excluding hydrogens is 188 g/mol. The van der Waals surface area contributed by atoms with Gasteiger partial charge in [-0.2, -0.15) is 0 Å². The summed E-state index contributed by atoms with van der Waals surface area (Å²) in [6, 6.07) is 9.68. The second-order valence-corrected chi connectivity index (χ2v) is 3.38. The average molecular weight is 200 g/mol. The summed E-state index contributed by atoms with van der Waals surface area (Å²) in [5.74, 6) is 0.779. The Morgan fingerprint density at radius 2 is 1.73 bits per heavy atom. The molecule has 1 aromatic carbocycles. The molecule has 1 aromatic heterocycles. The quantitative estimate of drug-likeness (QED) is 0.733. The van der Waals surface area contributed by atoms with Crippen molar-refractivity contribution in [3.05, 3.63) is 35.9 Å². The Morgan fingerprint density at radius 3 is 2.47 bits per heavy atom. The first-order valence-corrected chi connectivity index (χ1v) is 4.63. The highest BCUT2D eigenvalue weighted by Gasteiger charge is 2.07. The number of hydrogen-bond donors (Lipinski definition) is 2. The number of benzene rings is 1. The first-order valence-electron chi connectivity index (χ1n) is 4.63. The van der Waals surface area contributed by atoms with Crippen LogP contribution in [0.5, 0.6) is 0 Å². The first-order chi connectivity index (χ1) is 7.18. The molecule has 76 valence electrons. The van der Waals surface area contributed by atoms with E-state index < -0.39 is 0 Å². The Kier molecular flexibility index (Phi) is 2.25. The van der Waals surface area contributed by atoms with Crippen molar-refractivity contribution in [2.45, 2.75) is 6.92 Å². The summed E-state index contributed by atoms with van der Waals surface area (Å²) in [5, 5.41) is 7.50.